The third-order valence-electron chi connectivity index (χ3n) is 3.22. The topological polar surface area (TPSA) is 23.5 Å². The Kier molecular flexibility index (Phi) is 6.53. The third-order valence-corrected chi connectivity index (χ3v) is 4.62. The van der Waals surface area contributed by atoms with Gasteiger partial charge >= 0.3 is 0 Å². The molecule has 0 heterocycles. The Bertz CT molecular complexity index is 384. The van der Waals surface area contributed by atoms with E-state index >= 15 is 0 Å². The number of nitrogens with zero attached hydrogens (tertiary/aromatic N) is 1. The van der Waals surface area contributed by atoms with E-state index in [0.29, 0.717) is 6.04 Å². The number of thioether (sulfide) groups is 1. The van der Waals surface area contributed by atoms with Gasteiger partial charge in [-0.1, -0.05) is 28.9 Å². The maximum Gasteiger partial charge on any atom is 0.0772 e. The van der Waals surface area contributed by atoms with Crippen molar-refractivity contribution in [3.8, 4) is 0 Å². The van der Waals surface area contributed by atoms with Crippen LogP contribution < -0.4 is 4.90 Å². The lowest BCUT2D eigenvalue weighted by atomic mass is 10.1. The minimum atomic E-state index is -0.438. The molecule has 4 heteroatoms. The Morgan fingerprint density at radius 3 is 2.56 bits per heavy atom. The highest BCUT2D eigenvalue weighted by Crippen LogP contribution is 2.29. The second-order valence-corrected chi connectivity index (χ2v) is 6.28. The normalized spacial score (nSPS) is 14.3. The first-order valence-corrected chi connectivity index (χ1v) is 8.39. The highest BCUT2D eigenvalue weighted by atomic mass is 79.9. The Morgan fingerprint density at radius 2 is 2.11 bits per heavy atom. The van der Waals surface area contributed by atoms with Crippen LogP contribution in [0.25, 0.3) is 0 Å². The summed E-state index contributed by atoms with van der Waals surface area (Å²) in [6.45, 7) is 4.00. The highest BCUT2D eigenvalue weighted by Gasteiger charge is 2.14. The van der Waals surface area contributed by atoms with Gasteiger partial charge in [0.15, 0.2) is 0 Å². The zero-order chi connectivity index (χ0) is 13.7. The van der Waals surface area contributed by atoms with Gasteiger partial charge in [0.2, 0.25) is 0 Å². The lowest BCUT2D eigenvalue weighted by Gasteiger charge is -2.29. The van der Waals surface area contributed by atoms with Crippen molar-refractivity contribution in [1.29, 1.82) is 0 Å². The summed E-state index contributed by atoms with van der Waals surface area (Å²) in [5, 5.41) is 9.63. The van der Waals surface area contributed by atoms with Crippen LogP contribution in [0.1, 0.15) is 31.9 Å². The second-order valence-electron chi connectivity index (χ2n) is 4.51. The lowest BCUT2D eigenvalue weighted by Crippen LogP contribution is -2.33. The first-order valence-electron chi connectivity index (χ1n) is 6.20. The van der Waals surface area contributed by atoms with Crippen molar-refractivity contribution < 1.29 is 5.11 Å². The Hall–Kier alpha value is -0.190. The van der Waals surface area contributed by atoms with E-state index < -0.39 is 6.10 Å². The van der Waals surface area contributed by atoms with Gasteiger partial charge in [0.05, 0.1) is 6.10 Å². The molecular formula is C14H22BrNOS. The van der Waals surface area contributed by atoms with Crippen molar-refractivity contribution in [2.24, 2.45) is 0 Å². The molecule has 0 fully saturated rings. The summed E-state index contributed by atoms with van der Waals surface area (Å²) in [6, 6.07) is 6.71. The molecule has 18 heavy (non-hydrogen) atoms. The number of halogens is 1. The molecule has 0 bridgehead atoms. The molecule has 1 rings (SSSR count). The molecule has 0 aliphatic heterocycles. The summed E-state index contributed by atoms with van der Waals surface area (Å²) < 4.78 is 0.973. The van der Waals surface area contributed by atoms with Gasteiger partial charge < -0.3 is 10.0 Å². The number of rotatable bonds is 6. The van der Waals surface area contributed by atoms with E-state index in [0.717, 1.165) is 22.2 Å². The largest absolute Gasteiger partial charge is 0.389 e. The van der Waals surface area contributed by atoms with Crippen molar-refractivity contribution >= 4 is 33.4 Å². The molecular weight excluding hydrogens is 310 g/mol. The van der Waals surface area contributed by atoms with Crippen LogP contribution >= 0.6 is 27.7 Å². The molecule has 1 unspecified atom stereocenters. The summed E-state index contributed by atoms with van der Waals surface area (Å²) in [5.41, 5.74) is 2.12. The van der Waals surface area contributed by atoms with Gasteiger partial charge in [-0.15, -0.1) is 0 Å². The predicted molar refractivity (Wildman–Crippen MR) is 85.6 cm³/mol. The van der Waals surface area contributed by atoms with Crippen LogP contribution in [0.15, 0.2) is 22.7 Å². The van der Waals surface area contributed by atoms with Gasteiger partial charge in [-0.25, -0.2) is 0 Å². The molecule has 2 atom stereocenters. The molecule has 0 aromatic heterocycles. The van der Waals surface area contributed by atoms with E-state index in [1.165, 1.54) is 5.69 Å². The molecule has 0 spiro atoms. The standard InChI is InChI=1S/C14H22BrNOS/c1-5-11(9-18-4)16(3)12-6-7-13(10(2)17)14(15)8-12/h6-8,10-11,17H,5,9H2,1-4H3/t10-,11?/m1/s1. The molecule has 1 aromatic carbocycles. The quantitative estimate of drug-likeness (QED) is 0.849. The number of hydrogen-bond acceptors (Lipinski definition) is 3. The maximum absolute atomic E-state index is 9.63. The highest BCUT2D eigenvalue weighted by molar-refractivity contribution is 9.10. The van der Waals surface area contributed by atoms with Crippen LogP contribution in [0.2, 0.25) is 0 Å². The van der Waals surface area contributed by atoms with Crippen molar-refractivity contribution in [2.45, 2.75) is 32.4 Å². The molecule has 0 aliphatic carbocycles. The fourth-order valence-corrected chi connectivity index (χ4v) is 3.52. The Balaban J connectivity index is 2.92. The SMILES string of the molecule is CCC(CSC)N(C)c1ccc([C@@H](C)O)c(Br)c1. The fourth-order valence-electron chi connectivity index (χ4n) is 1.98. The van der Waals surface area contributed by atoms with E-state index in [9.17, 15) is 5.11 Å². The van der Waals surface area contributed by atoms with Crippen LogP contribution in [0.3, 0.4) is 0 Å². The number of benzene rings is 1. The van der Waals surface area contributed by atoms with Gasteiger partial charge in [0, 0.05) is 29.0 Å². The van der Waals surface area contributed by atoms with Gasteiger partial charge in [0.1, 0.15) is 0 Å². The van der Waals surface area contributed by atoms with Gasteiger partial charge in [-0.2, -0.15) is 11.8 Å². The zero-order valence-electron chi connectivity index (χ0n) is 11.5. The number of aliphatic hydroxyl groups is 1. The third kappa shape index (κ3) is 3.90. The van der Waals surface area contributed by atoms with Gasteiger partial charge in [0.25, 0.3) is 0 Å². The van der Waals surface area contributed by atoms with Gasteiger partial charge in [-0.3, -0.25) is 0 Å². The monoisotopic (exact) mass is 331 g/mol. The van der Waals surface area contributed by atoms with Gasteiger partial charge in [-0.05, 0) is 37.3 Å². The molecule has 2 nitrogen and oxygen atoms in total. The number of anilines is 1. The first-order chi connectivity index (χ1) is 8.51. The van der Waals surface area contributed by atoms with Crippen LogP contribution in [0, 0.1) is 0 Å². The summed E-state index contributed by atoms with van der Waals surface area (Å²) in [7, 11) is 2.13. The minimum absolute atomic E-state index is 0.438. The van der Waals surface area contributed by atoms with E-state index in [2.05, 4.69) is 53.2 Å². The number of hydrogen-bond donors (Lipinski definition) is 1. The van der Waals surface area contributed by atoms with E-state index in [1.54, 1.807) is 6.92 Å². The van der Waals surface area contributed by atoms with Crippen molar-refractivity contribution in [1.82, 2.24) is 0 Å². The van der Waals surface area contributed by atoms with E-state index in [-0.39, 0.29) is 0 Å². The Morgan fingerprint density at radius 1 is 1.44 bits per heavy atom. The Labute approximate surface area is 123 Å². The van der Waals surface area contributed by atoms with Crippen LogP contribution in [-0.4, -0.2) is 30.2 Å². The van der Waals surface area contributed by atoms with Crippen LogP contribution in [-0.2, 0) is 0 Å². The lowest BCUT2D eigenvalue weighted by molar-refractivity contribution is 0.198. The van der Waals surface area contributed by atoms with E-state index in [4.69, 9.17) is 0 Å². The van der Waals surface area contributed by atoms with E-state index in [1.807, 2.05) is 17.8 Å². The first kappa shape index (κ1) is 15.9. The molecule has 0 saturated heterocycles. The molecule has 0 amide bonds. The average Bonchev–Trinajstić information content (AvgIpc) is 2.34. The summed E-state index contributed by atoms with van der Waals surface area (Å²) in [6.07, 6.45) is 2.84. The fraction of sp³-hybridized carbons (Fsp3) is 0.571. The summed E-state index contributed by atoms with van der Waals surface area (Å²) in [5.74, 6) is 1.13. The molecule has 0 radical (unpaired) electrons. The molecule has 102 valence electrons. The molecule has 1 aromatic rings. The molecule has 0 aliphatic rings. The predicted octanol–water partition coefficient (Wildman–Crippen LogP) is 4.08. The molecule has 0 saturated carbocycles. The summed E-state index contributed by atoms with van der Waals surface area (Å²) >= 11 is 5.41. The minimum Gasteiger partial charge on any atom is -0.389 e. The zero-order valence-corrected chi connectivity index (χ0v) is 13.9. The van der Waals surface area contributed by atoms with Crippen molar-refractivity contribution in [2.75, 3.05) is 24.0 Å². The van der Waals surface area contributed by atoms with Crippen molar-refractivity contribution in [3.05, 3.63) is 28.2 Å². The maximum atomic E-state index is 9.63. The smallest absolute Gasteiger partial charge is 0.0772 e. The van der Waals surface area contributed by atoms with Crippen LogP contribution in [0.5, 0.6) is 0 Å². The number of aliphatic hydroxyl groups excluding tert-OH is 1. The van der Waals surface area contributed by atoms with Crippen LogP contribution in [0.4, 0.5) is 5.69 Å². The summed E-state index contributed by atoms with van der Waals surface area (Å²) in [4.78, 5) is 2.31. The van der Waals surface area contributed by atoms with Crippen molar-refractivity contribution in [3.63, 3.8) is 0 Å². The average molecular weight is 332 g/mol. The molecule has 1 N–H and O–H groups in total. The second kappa shape index (κ2) is 7.41.